The standard InChI is InChI=1S/C19H14F7N3/c20-13(7-8-27)10-29-15-6-2-5-14(16(15)28-17(29)19(24,25)26)11-3-1-4-12(9-11)18(21,22)23/h1-7,9H,8,10,27H2/b13-7-. The van der Waals surface area contributed by atoms with Crippen LogP contribution in [0.4, 0.5) is 30.7 Å². The molecule has 10 heteroatoms. The number of para-hydroxylation sites is 1. The average Bonchev–Trinajstić information content (AvgIpc) is 3.00. The van der Waals surface area contributed by atoms with E-state index in [1.807, 2.05) is 0 Å². The summed E-state index contributed by atoms with van der Waals surface area (Å²) in [5.41, 5.74) is 4.11. The number of hydrogen-bond acceptors (Lipinski definition) is 2. The molecule has 1 aromatic heterocycles. The lowest BCUT2D eigenvalue weighted by atomic mass is 10.0. The number of alkyl halides is 6. The number of allylic oxidation sites excluding steroid dienone is 1. The fourth-order valence-electron chi connectivity index (χ4n) is 2.96. The zero-order chi connectivity index (χ0) is 21.4. The van der Waals surface area contributed by atoms with Gasteiger partial charge in [0, 0.05) is 12.1 Å². The Bertz CT molecular complexity index is 1060. The third kappa shape index (κ3) is 4.26. The molecule has 0 unspecified atom stereocenters. The lowest BCUT2D eigenvalue weighted by Crippen LogP contribution is -2.15. The van der Waals surface area contributed by atoms with Gasteiger partial charge in [0.1, 0.15) is 5.83 Å². The molecule has 3 nitrogen and oxygen atoms in total. The summed E-state index contributed by atoms with van der Waals surface area (Å²) in [4.78, 5) is 3.60. The van der Waals surface area contributed by atoms with Crippen molar-refractivity contribution in [3.8, 4) is 11.1 Å². The molecule has 0 aliphatic heterocycles. The lowest BCUT2D eigenvalue weighted by Gasteiger charge is -2.11. The lowest BCUT2D eigenvalue weighted by molar-refractivity contribution is -0.146. The number of fused-ring (bicyclic) bond motifs is 1. The van der Waals surface area contributed by atoms with Crippen LogP contribution in [0.25, 0.3) is 22.2 Å². The van der Waals surface area contributed by atoms with Crippen molar-refractivity contribution < 1.29 is 30.7 Å². The summed E-state index contributed by atoms with van der Waals surface area (Å²) in [5.74, 6) is -2.24. The van der Waals surface area contributed by atoms with Gasteiger partial charge in [-0.3, -0.25) is 0 Å². The van der Waals surface area contributed by atoms with Gasteiger partial charge >= 0.3 is 12.4 Å². The maximum Gasteiger partial charge on any atom is 0.449 e. The van der Waals surface area contributed by atoms with Crippen molar-refractivity contribution in [2.24, 2.45) is 5.73 Å². The van der Waals surface area contributed by atoms with Gasteiger partial charge in [0.05, 0.1) is 23.1 Å². The van der Waals surface area contributed by atoms with Crippen molar-refractivity contribution >= 4 is 11.0 Å². The van der Waals surface area contributed by atoms with E-state index in [4.69, 9.17) is 5.73 Å². The minimum atomic E-state index is -4.90. The first kappa shape index (κ1) is 20.8. The van der Waals surface area contributed by atoms with Gasteiger partial charge in [-0.1, -0.05) is 24.3 Å². The summed E-state index contributed by atoms with van der Waals surface area (Å²) in [5, 5.41) is 0. The highest BCUT2D eigenvalue weighted by Gasteiger charge is 2.38. The SMILES string of the molecule is NC/C=C(\F)Cn1c(C(F)(F)F)nc2c(-c3cccc(C(F)(F)F)c3)cccc21. The molecule has 154 valence electrons. The quantitative estimate of drug-likeness (QED) is 0.566. The Hall–Kier alpha value is -2.88. The minimum absolute atomic E-state index is 0.0433. The van der Waals surface area contributed by atoms with Crippen LogP contribution in [0.3, 0.4) is 0 Å². The molecular formula is C19H14F7N3. The van der Waals surface area contributed by atoms with Crippen LogP contribution in [-0.4, -0.2) is 16.1 Å². The van der Waals surface area contributed by atoms with Crippen molar-refractivity contribution in [1.82, 2.24) is 9.55 Å². The molecule has 0 bridgehead atoms. The molecule has 0 fully saturated rings. The highest BCUT2D eigenvalue weighted by molar-refractivity contribution is 5.92. The number of nitrogens with zero attached hydrogens (tertiary/aromatic N) is 2. The van der Waals surface area contributed by atoms with Crippen LogP contribution in [0.5, 0.6) is 0 Å². The number of imidazole rings is 1. The number of nitrogens with two attached hydrogens (primary N) is 1. The van der Waals surface area contributed by atoms with Gasteiger partial charge in [-0.25, -0.2) is 9.37 Å². The van der Waals surface area contributed by atoms with E-state index in [1.165, 1.54) is 24.3 Å². The summed E-state index contributed by atoms with van der Waals surface area (Å²) < 4.78 is 94.0. The molecule has 0 saturated carbocycles. The van der Waals surface area contributed by atoms with Crippen LogP contribution >= 0.6 is 0 Å². The van der Waals surface area contributed by atoms with Gasteiger partial charge in [0.25, 0.3) is 0 Å². The molecular weight excluding hydrogens is 403 g/mol. The first-order chi connectivity index (χ1) is 13.5. The summed E-state index contributed by atoms with van der Waals surface area (Å²) in [7, 11) is 0. The molecule has 0 saturated heterocycles. The average molecular weight is 417 g/mol. The molecule has 0 aliphatic carbocycles. The van der Waals surface area contributed by atoms with Crippen molar-refractivity contribution in [1.29, 1.82) is 0 Å². The molecule has 1 heterocycles. The zero-order valence-electron chi connectivity index (χ0n) is 14.7. The van der Waals surface area contributed by atoms with Crippen molar-refractivity contribution in [3.63, 3.8) is 0 Å². The fourth-order valence-corrected chi connectivity index (χ4v) is 2.96. The predicted octanol–water partition coefficient (Wildman–Crippen LogP) is 5.55. The van der Waals surface area contributed by atoms with Gasteiger partial charge in [0.15, 0.2) is 0 Å². The Labute approximate surface area is 160 Å². The Balaban J connectivity index is 2.24. The fraction of sp³-hybridized carbons (Fsp3) is 0.211. The van der Waals surface area contributed by atoms with Crippen molar-refractivity contribution in [2.45, 2.75) is 18.9 Å². The molecule has 2 N–H and O–H groups in total. The number of benzene rings is 2. The molecule has 3 aromatic rings. The van der Waals surface area contributed by atoms with E-state index in [0.717, 1.165) is 24.3 Å². The topological polar surface area (TPSA) is 43.8 Å². The Kier molecular flexibility index (Phi) is 5.40. The second-order valence-corrected chi connectivity index (χ2v) is 6.16. The van der Waals surface area contributed by atoms with Gasteiger partial charge in [-0.2, -0.15) is 26.3 Å². The number of halogens is 7. The normalized spacial score (nSPS) is 13.3. The summed E-state index contributed by atoms with van der Waals surface area (Å²) in [6.45, 7) is -0.954. The molecule has 0 radical (unpaired) electrons. The monoisotopic (exact) mass is 417 g/mol. The van der Waals surface area contributed by atoms with Crippen LogP contribution in [0, 0.1) is 0 Å². The maximum atomic E-state index is 13.9. The molecule has 2 aromatic carbocycles. The van der Waals surface area contributed by atoms with Crippen molar-refractivity contribution in [3.05, 3.63) is 65.8 Å². The Morgan fingerprint density at radius 3 is 2.31 bits per heavy atom. The van der Waals surface area contributed by atoms with Crippen LogP contribution < -0.4 is 5.73 Å². The van der Waals surface area contributed by atoms with Gasteiger partial charge in [0.2, 0.25) is 5.82 Å². The first-order valence-electron chi connectivity index (χ1n) is 8.31. The van der Waals surface area contributed by atoms with E-state index in [-0.39, 0.29) is 28.7 Å². The second-order valence-electron chi connectivity index (χ2n) is 6.16. The van der Waals surface area contributed by atoms with E-state index in [1.54, 1.807) is 0 Å². The second kappa shape index (κ2) is 7.51. The molecule has 0 amide bonds. The van der Waals surface area contributed by atoms with Crippen molar-refractivity contribution in [2.75, 3.05) is 6.54 Å². The molecule has 0 atom stereocenters. The third-order valence-corrected chi connectivity index (χ3v) is 4.18. The summed E-state index contributed by atoms with van der Waals surface area (Å²) in [6.07, 6.45) is -8.58. The van der Waals surface area contributed by atoms with Crippen LogP contribution in [0.2, 0.25) is 0 Å². The maximum absolute atomic E-state index is 13.9. The van der Waals surface area contributed by atoms with E-state index in [9.17, 15) is 30.7 Å². The van der Waals surface area contributed by atoms with Gasteiger partial charge in [-0.05, 0) is 29.8 Å². The first-order valence-corrected chi connectivity index (χ1v) is 8.31. The van der Waals surface area contributed by atoms with Crippen LogP contribution in [0.15, 0.2) is 54.4 Å². The molecule has 0 spiro atoms. The Morgan fingerprint density at radius 2 is 1.69 bits per heavy atom. The smallest absolute Gasteiger partial charge is 0.327 e. The predicted molar refractivity (Wildman–Crippen MR) is 93.4 cm³/mol. The molecule has 3 rings (SSSR count). The number of rotatable bonds is 4. The highest BCUT2D eigenvalue weighted by Crippen LogP contribution is 2.37. The zero-order valence-corrected chi connectivity index (χ0v) is 14.7. The van der Waals surface area contributed by atoms with E-state index < -0.39 is 36.1 Å². The summed E-state index contributed by atoms with van der Waals surface area (Å²) >= 11 is 0. The third-order valence-electron chi connectivity index (χ3n) is 4.18. The largest absolute Gasteiger partial charge is 0.449 e. The molecule has 29 heavy (non-hydrogen) atoms. The summed E-state index contributed by atoms with van der Waals surface area (Å²) in [6, 6.07) is 8.21. The van der Waals surface area contributed by atoms with Crippen LogP contribution in [-0.2, 0) is 18.9 Å². The molecule has 0 aliphatic rings. The van der Waals surface area contributed by atoms with Gasteiger partial charge < -0.3 is 10.3 Å². The van der Waals surface area contributed by atoms with E-state index in [0.29, 0.717) is 4.57 Å². The number of hydrogen-bond donors (Lipinski definition) is 1. The number of aromatic nitrogens is 2. The minimum Gasteiger partial charge on any atom is -0.327 e. The van der Waals surface area contributed by atoms with E-state index >= 15 is 0 Å². The highest BCUT2D eigenvalue weighted by atomic mass is 19.4. The van der Waals surface area contributed by atoms with E-state index in [2.05, 4.69) is 4.98 Å². The Morgan fingerprint density at radius 1 is 1.00 bits per heavy atom. The van der Waals surface area contributed by atoms with Crippen LogP contribution in [0.1, 0.15) is 11.4 Å². The van der Waals surface area contributed by atoms with Gasteiger partial charge in [-0.15, -0.1) is 0 Å².